The van der Waals surface area contributed by atoms with E-state index in [0.717, 1.165) is 43.7 Å². The lowest BCUT2D eigenvalue weighted by atomic mass is 10.1. The Labute approximate surface area is 166 Å². The van der Waals surface area contributed by atoms with E-state index in [0.29, 0.717) is 11.3 Å². The van der Waals surface area contributed by atoms with Crippen molar-refractivity contribution in [3.8, 4) is 0 Å². The Morgan fingerprint density at radius 2 is 1.71 bits per heavy atom. The number of carbonyl (C=O) groups excluding carboxylic acids is 1. The van der Waals surface area contributed by atoms with Gasteiger partial charge in [0.2, 0.25) is 0 Å². The number of hydrogen-bond acceptors (Lipinski definition) is 3. The van der Waals surface area contributed by atoms with Gasteiger partial charge in [-0.1, -0.05) is 30.3 Å². The Hall–Kier alpha value is -2.64. The van der Waals surface area contributed by atoms with Gasteiger partial charge in [0.25, 0.3) is 15.9 Å². The third-order valence-corrected chi connectivity index (χ3v) is 5.90. The number of nitrogens with zero attached hydrogens (tertiary/aromatic N) is 1. The summed E-state index contributed by atoms with van der Waals surface area (Å²) in [4.78, 5) is 16.0. The van der Waals surface area contributed by atoms with E-state index in [1.807, 2.05) is 35.2 Å². The number of quaternary nitrogens is 1. The van der Waals surface area contributed by atoms with Crippen LogP contribution in [-0.4, -0.2) is 51.9 Å². The molecule has 148 valence electrons. The zero-order valence-electron chi connectivity index (χ0n) is 16.0. The lowest BCUT2D eigenvalue weighted by molar-refractivity contribution is -0.902. The van der Waals surface area contributed by atoms with Crippen molar-refractivity contribution in [1.82, 2.24) is 4.90 Å². The van der Waals surface area contributed by atoms with Gasteiger partial charge in [-0.25, -0.2) is 8.42 Å². The average molecular weight is 401 g/mol. The van der Waals surface area contributed by atoms with Gasteiger partial charge >= 0.3 is 0 Å². The molecule has 2 N–H and O–H groups in total. The zero-order chi connectivity index (χ0) is 20.0. The summed E-state index contributed by atoms with van der Waals surface area (Å²) in [5.41, 5.74) is 1.80. The van der Waals surface area contributed by atoms with Crippen LogP contribution in [0.15, 0.2) is 60.0 Å². The molecular formula is C21H26N3O3S+. The number of benzene rings is 2. The van der Waals surface area contributed by atoms with Gasteiger partial charge in [-0.2, -0.15) is 0 Å². The average Bonchev–Trinajstić information content (AvgIpc) is 2.73. The third-order valence-electron chi connectivity index (χ3n) is 4.89. The van der Waals surface area contributed by atoms with Crippen molar-refractivity contribution in [3.05, 3.63) is 71.1 Å². The fourth-order valence-electron chi connectivity index (χ4n) is 3.17. The maximum atomic E-state index is 12.6. The molecule has 2 aromatic carbocycles. The summed E-state index contributed by atoms with van der Waals surface area (Å²) in [5, 5.41) is 1.14. The van der Waals surface area contributed by atoms with Gasteiger partial charge in [-0.05, 0) is 42.8 Å². The van der Waals surface area contributed by atoms with Crippen LogP contribution in [0.2, 0.25) is 0 Å². The van der Waals surface area contributed by atoms with Crippen molar-refractivity contribution in [2.45, 2.75) is 6.92 Å². The first-order valence-corrected chi connectivity index (χ1v) is 11.0. The molecule has 0 aromatic heterocycles. The highest BCUT2D eigenvalue weighted by Gasteiger charge is 2.23. The summed E-state index contributed by atoms with van der Waals surface area (Å²) < 4.78 is 27.0. The number of likely N-dealkylation sites (N-methyl/N-ethyl adjacent to an activating group) is 1. The largest absolute Gasteiger partial charge is 0.332 e. The van der Waals surface area contributed by atoms with Crippen LogP contribution in [0.25, 0.3) is 6.08 Å². The smallest absolute Gasteiger partial charge is 0.255 e. The number of rotatable bonds is 6. The predicted octanol–water partition coefficient (Wildman–Crippen LogP) is 1.46. The van der Waals surface area contributed by atoms with Crippen LogP contribution in [0.4, 0.5) is 5.69 Å². The van der Waals surface area contributed by atoms with Crippen molar-refractivity contribution >= 4 is 27.7 Å². The molecule has 28 heavy (non-hydrogen) atoms. The van der Waals surface area contributed by atoms with Crippen molar-refractivity contribution in [2.24, 2.45) is 0 Å². The van der Waals surface area contributed by atoms with E-state index < -0.39 is 10.0 Å². The molecule has 0 radical (unpaired) electrons. The van der Waals surface area contributed by atoms with E-state index in [1.165, 1.54) is 11.0 Å². The number of hydrogen-bond donors (Lipinski definition) is 2. The number of piperazine rings is 1. The number of carbonyl (C=O) groups is 1. The van der Waals surface area contributed by atoms with Gasteiger partial charge < -0.3 is 9.80 Å². The molecule has 3 rings (SSSR count). The van der Waals surface area contributed by atoms with E-state index in [9.17, 15) is 13.2 Å². The second kappa shape index (κ2) is 9.03. The topological polar surface area (TPSA) is 70.9 Å². The first kappa shape index (κ1) is 20.1. The molecule has 1 fully saturated rings. The normalized spacial score (nSPS) is 15.7. The minimum absolute atomic E-state index is 0.00599. The van der Waals surface area contributed by atoms with E-state index in [2.05, 4.69) is 11.6 Å². The molecule has 0 aliphatic carbocycles. The first-order valence-electron chi connectivity index (χ1n) is 9.46. The van der Waals surface area contributed by atoms with E-state index in [-0.39, 0.29) is 5.91 Å². The van der Waals surface area contributed by atoms with Crippen LogP contribution in [0.3, 0.4) is 0 Å². The Bertz CT molecular complexity index is 917. The Kier molecular flexibility index (Phi) is 6.49. The molecule has 1 aliphatic heterocycles. The molecule has 1 aliphatic rings. The summed E-state index contributed by atoms with van der Waals surface area (Å²) in [7, 11) is -3.62. The molecule has 2 aromatic rings. The van der Waals surface area contributed by atoms with E-state index in [1.54, 1.807) is 24.3 Å². The lowest BCUT2D eigenvalue weighted by Crippen LogP contribution is -3.14. The highest BCUT2D eigenvalue weighted by atomic mass is 32.2. The van der Waals surface area contributed by atoms with E-state index in [4.69, 9.17) is 0 Å². The van der Waals surface area contributed by atoms with Crippen molar-refractivity contribution in [3.63, 3.8) is 0 Å². The Morgan fingerprint density at radius 1 is 1.07 bits per heavy atom. The summed E-state index contributed by atoms with van der Waals surface area (Å²) in [6, 6.07) is 15.8. The fourth-order valence-corrected chi connectivity index (χ4v) is 4.04. The molecule has 0 bridgehead atoms. The SMILES string of the molecule is CC[NH+]1CCN(C(=O)c2ccc(NS(=O)(=O)/C=C/c3ccccc3)cc2)CC1. The predicted molar refractivity (Wildman–Crippen MR) is 112 cm³/mol. The quantitative estimate of drug-likeness (QED) is 0.771. The fraction of sp³-hybridized carbons (Fsp3) is 0.286. The summed E-state index contributed by atoms with van der Waals surface area (Å²) in [5.74, 6) is -0.00599. The highest BCUT2D eigenvalue weighted by Crippen LogP contribution is 2.14. The second-order valence-electron chi connectivity index (χ2n) is 6.83. The molecule has 7 heteroatoms. The van der Waals surface area contributed by atoms with Crippen LogP contribution in [0.5, 0.6) is 0 Å². The first-order chi connectivity index (χ1) is 13.5. The number of amides is 1. The molecule has 0 spiro atoms. The molecular weight excluding hydrogens is 374 g/mol. The van der Waals surface area contributed by atoms with Crippen LogP contribution in [0.1, 0.15) is 22.8 Å². The molecule has 0 saturated carbocycles. The van der Waals surface area contributed by atoms with Gasteiger partial charge in [0.05, 0.1) is 38.1 Å². The maximum Gasteiger partial charge on any atom is 0.255 e. The monoisotopic (exact) mass is 400 g/mol. The number of sulfonamides is 1. The third kappa shape index (κ3) is 5.43. The summed E-state index contributed by atoms with van der Waals surface area (Å²) in [6.45, 7) is 6.67. The molecule has 1 amide bonds. The van der Waals surface area contributed by atoms with Gasteiger partial charge in [-0.3, -0.25) is 9.52 Å². The molecule has 0 unspecified atom stereocenters. The minimum Gasteiger partial charge on any atom is -0.332 e. The molecule has 6 nitrogen and oxygen atoms in total. The van der Waals surface area contributed by atoms with Crippen LogP contribution >= 0.6 is 0 Å². The van der Waals surface area contributed by atoms with Gasteiger partial charge in [0.15, 0.2) is 0 Å². The Morgan fingerprint density at radius 3 is 2.32 bits per heavy atom. The summed E-state index contributed by atoms with van der Waals surface area (Å²) in [6.07, 6.45) is 1.54. The van der Waals surface area contributed by atoms with Gasteiger partial charge in [-0.15, -0.1) is 0 Å². The van der Waals surface area contributed by atoms with Crippen LogP contribution < -0.4 is 9.62 Å². The molecule has 1 saturated heterocycles. The van der Waals surface area contributed by atoms with E-state index >= 15 is 0 Å². The van der Waals surface area contributed by atoms with Crippen molar-refractivity contribution in [1.29, 1.82) is 0 Å². The maximum absolute atomic E-state index is 12.6. The lowest BCUT2D eigenvalue weighted by Gasteiger charge is -2.31. The second-order valence-corrected chi connectivity index (χ2v) is 8.40. The molecule has 0 atom stereocenters. The summed E-state index contributed by atoms with van der Waals surface area (Å²) >= 11 is 0. The van der Waals surface area contributed by atoms with Gasteiger partial charge in [0, 0.05) is 11.3 Å². The molecule has 1 heterocycles. The van der Waals surface area contributed by atoms with Gasteiger partial charge in [0.1, 0.15) is 0 Å². The minimum atomic E-state index is -3.62. The highest BCUT2D eigenvalue weighted by molar-refractivity contribution is 7.95. The Balaban J connectivity index is 1.61. The van der Waals surface area contributed by atoms with Crippen LogP contribution in [-0.2, 0) is 10.0 Å². The van der Waals surface area contributed by atoms with Crippen LogP contribution in [0, 0.1) is 0 Å². The van der Waals surface area contributed by atoms with Crippen molar-refractivity contribution < 1.29 is 18.1 Å². The zero-order valence-corrected chi connectivity index (χ0v) is 16.8. The standard InChI is InChI=1S/C21H25N3O3S/c1-2-23-13-15-24(16-14-23)21(25)19-8-10-20(11-9-19)22-28(26,27)17-12-18-6-4-3-5-7-18/h3-12,17,22H,2,13-16H2,1H3/p+1/b17-12+. The number of nitrogens with one attached hydrogen (secondary N) is 2. The van der Waals surface area contributed by atoms with Crippen molar-refractivity contribution in [2.75, 3.05) is 37.4 Å². The number of anilines is 1.